The van der Waals surface area contributed by atoms with Gasteiger partial charge in [0, 0.05) is 0 Å². The van der Waals surface area contributed by atoms with Crippen LogP contribution in [0.1, 0.15) is 47.0 Å². The molecule has 0 aromatic rings. The summed E-state index contributed by atoms with van der Waals surface area (Å²) in [5.74, 6) is 0. The number of allylic oxidation sites excluding steroid dienone is 2. The molecule has 0 unspecified atom stereocenters. The zero-order valence-corrected chi connectivity index (χ0v) is 12.6. The molecule has 14 heavy (non-hydrogen) atoms. The molecule has 0 heterocycles. The standard InChI is InChI=1S/C5H7.2C3H7.2H2O.W/c1-2-4-5-3-1;2*1-3-2;;;/h1H,2,4-5H2;2*3H,1-2H3;2*1H2;/q3*-1;;;+2/p-2. The Morgan fingerprint density at radius 1 is 1.00 bits per heavy atom. The maximum Gasteiger partial charge on any atom is 2.00 e. The SMILES string of the molecule is C[CH-]C.C[CH-]C.[C-]1=CCCC1.[OH-].[OH-].[W+2]. The van der Waals surface area contributed by atoms with E-state index in [-0.39, 0.29) is 32.0 Å². The molecule has 0 fully saturated rings. The van der Waals surface area contributed by atoms with Gasteiger partial charge in [-0.2, -0.15) is 34.1 Å². The summed E-state index contributed by atoms with van der Waals surface area (Å²) in [6.45, 7) is 8.00. The Morgan fingerprint density at radius 3 is 1.43 bits per heavy atom. The molecule has 0 atom stereocenters. The van der Waals surface area contributed by atoms with Crippen molar-refractivity contribution >= 4 is 0 Å². The molecular weight excluding hydrogens is 348 g/mol. The quantitative estimate of drug-likeness (QED) is 0.611. The van der Waals surface area contributed by atoms with E-state index in [0.29, 0.717) is 0 Å². The van der Waals surface area contributed by atoms with Crippen molar-refractivity contribution in [2.75, 3.05) is 0 Å². The van der Waals surface area contributed by atoms with Gasteiger partial charge in [0.1, 0.15) is 0 Å². The number of hydrogen-bond acceptors (Lipinski definition) is 2. The van der Waals surface area contributed by atoms with E-state index in [4.69, 9.17) is 0 Å². The second-order valence-corrected chi connectivity index (χ2v) is 2.46. The molecule has 0 aromatic heterocycles. The monoisotopic (exact) mass is 371 g/mol. The van der Waals surface area contributed by atoms with Gasteiger partial charge in [-0.1, -0.05) is 12.8 Å². The largest absolute Gasteiger partial charge is 2.00 e. The first-order chi connectivity index (χ1) is 5.33. The maximum absolute atomic E-state index is 3.10. The smallest absolute Gasteiger partial charge is 0.870 e. The van der Waals surface area contributed by atoms with E-state index < -0.39 is 0 Å². The average molecular weight is 371 g/mol. The molecule has 88 valence electrons. The van der Waals surface area contributed by atoms with Crippen LogP contribution in [0.2, 0.25) is 0 Å². The molecule has 2 nitrogen and oxygen atoms in total. The summed E-state index contributed by atoms with van der Waals surface area (Å²) in [7, 11) is 0. The number of hydrogen-bond donors (Lipinski definition) is 0. The fraction of sp³-hybridized carbons (Fsp3) is 0.636. The van der Waals surface area contributed by atoms with Gasteiger partial charge in [0.05, 0.1) is 0 Å². The van der Waals surface area contributed by atoms with Crippen LogP contribution < -0.4 is 0 Å². The predicted octanol–water partition coefficient (Wildman–Crippen LogP) is 3.63. The Hall–Kier alpha value is 0.348. The Labute approximate surface area is 104 Å². The van der Waals surface area contributed by atoms with Crippen LogP contribution in [0.3, 0.4) is 0 Å². The first-order valence-corrected chi connectivity index (χ1v) is 4.36. The molecule has 0 saturated carbocycles. The molecule has 0 bridgehead atoms. The van der Waals surface area contributed by atoms with Crippen LogP contribution >= 0.6 is 0 Å². The Morgan fingerprint density at radius 2 is 1.36 bits per heavy atom. The summed E-state index contributed by atoms with van der Waals surface area (Å²) in [6.07, 6.45) is 13.0. The van der Waals surface area contributed by atoms with Crippen molar-refractivity contribution in [3.05, 3.63) is 25.0 Å². The van der Waals surface area contributed by atoms with Gasteiger partial charge < -0.3 is 29.9 Å². The zero-order chi connectivity index (χ0) is 8.95. The van der Waals surface area contributed by atoms with E-state index >= 15 is 0 Å². The van der Waals surface area contributed by atoms with Gasteiger partial charge in [-0.25, -0.2) is 0 Å². The Bertz CT molecular complexity index is 67.7. The minimum atomic E-state index is 0. The van der Waals surface area contributed by atoms with Gasteiger partial charge in [-0.15, -0.1) is 0 Å². The molecule has 1 aliphatic carbocycles. The van der Waals surface area contributed by atoms with Crippen LogP contribution in [0.25, 0.3) is 0 Å². The molecule has 0 aromatic carbocycles. The summed E-state index contributed by atoms with van der Waals surface area (Å²) in [6, 6.07) is 0. The van der Waals surface area contributed by atoms with Crippen molar-refractivity contribution < 1.29 is 32.0 Å². The number of rotatable bonds is 0. The zero-order valence-electron chi connectivity index (χ0n) is 9.66. The topological polar surface area (TPSA) is 60.0 Å². The van der Waals surface area contributed by atoms with Crippen LogP contribution in [0.4, 0.5) is 0 Å². The predicted molar refractivity (Wildman–Crippen MR) is 56.8 cm³/mol. The maximum atomic E-state index is 3.10. The van der Waals surface area contributed by atoms with Crippen molar-refractivity contribution in [1.29, 1.82) is 0 Å². The molecule has 1 rings (SSSR count). The minimum Gasteiger partial charge on any atom is -0.870 e. The van der Waals surface area contributed by atoms with E-state index in [2.05, 4.69) is 12.2 Å². The Balaban J connectivity index is -0.0000000276. The summed E-state index contributed by atoms with van der Waals surface area (Å²) in [5, 5.41) is 0. The van der Waals surface area contributed by atoms with Crippen molar-refractivity contribution in [2.45, 2.75) is 47.0 Å². The molecule has 0 saturated heterocycles. The van der Waals surface area contributed by atoms with E-state index in [9.17, 15) is 0 Å². The Kier molecular flexibility index (Phi) is 78.8. The normalized spacial score (nSPS) is 10.0. The van der Waals surface area contributed by atoms with E-state index in [0.717, 1.165) is 0 Å². The first-order valence-electron chi connectivity index (χ1n) is 4.36. The summed E-state index contributed by atoms with van der Waals surface area (Å²) in [4.78, 5) is 0. The fourth-order valence-electron chi connectivity index (χ4n) is 0.510. The van der Waals surface area contributed by atoms with Gasteiger partial charge in [-0.3, -0.25) is 6.08 Å². The van der Waals surface area contributed by atoms with E-state index in [1.807, 2.05) is 40.5 Å². The molecule has 0 spiro atoms. The van der Waals surface area contributed by atoms with Crippen LogP contribution in [0.5, 0.6) is 0 Å². The van der Waals surface area contributed by atoms with Gasteiger partial charge >= 0.3 is 21.1 Å². The van der Waals surface area contributed by atoms with Crippen LogP contribution in [-0.4, -0.2) is 11.0 Å². The van der Waals surface area contributed by atoms with Crippen molar-refractivity contribution in [3.8, 4) is 0 Å². The third kappa shape index (κ3) is 55.6. The van der Waals surface area contributed by atoms with Gasteiger partial charge in [0.2, 0.25) is 0 Å². The molecule has 0 radical (unpaired) electrons. The van der Waals surface area contributed by atoms with Gasteiger partial charge in [0.15, 0.2) is 0 Å². The molecular formula is C11H23O2W-3. The van der Waals surface area contributed by atoms with Crippen molar-refractivity contribution in [2.24, 2.45) is 0 Å². The summed E-state index contributed by atoms with van der Waals surface area (Å²) < 4.78 is 0. The van der Waals surface area contributed by atoms with Crippen LogP contribution in [0, 0.1) is 18.9 Å². The van der Waals surface area contributed by atoms with Gasteiger partial charge in [-0.05, 0) is 0 Å². The van der Waals surface area contributed by atoms with Crippen LogP contribution in [-0.2, 0) is 21.1 Å². The molecule has 3 heteroatoms. The molecule has 2 N–H and O–H groups in total. The van der Waals surface area contributed by atoms with Crippen molar-refractivity contribution in [1.82, 2.24) is 0 Å². The second-order valence-electron chi connectivity index (χ2n) is 2.46. The van der Waals surface area contributed by atoms with Crippen molar-refractivity contribution in [3.63, 3.8) is 0 Å². The molecule has 1 aliphatic rings. The molecule has 0 aliphatic heterocycles. The first kappa shape index (κ1) is 29.3. The average Bonchev–Trinajstić information content (AvgIpc) is 2.44. The summed E-state index contributed by atoms with van der Waals surface area (Å²) in [5.41, 5.74) is 0. The van der Waals surface area contributed by atoms with E-state index in [1.54, 1.807) is 0 Å². The van der Waals surface area contributed by atoms with E-state index in [1.165, 1.54) is 19.3 Å². The third-order valence-electron chi connectivity index (χ3n) is 0.814. The third-order valence-corrected chi connectivity index (χ3v) is 0.814. The second kappa shape index (κ2) is 37.7. The fourth-order valence-corrected chi connectivity index (χ4v) is 0.510. The summed E-state index contributed by atoms with van der Waals surface area (Å²) >= 11 is 0. The molecule has 0 amide bonds. The van der Waals surface area contributed by atoms with Gasteiger partial charge in [0.25, 0.3) is 0 Å². The minimum absolute atomic E-state index is 0. The van der Waals surface area contributed by atoms with Crippen LogP contribution in [0.15, 0.2) is 6.08 Å².